The van der Waals surface area contributed by atoms with Gasteiger partial charge in [-0.2, -0.15) is 11.8 Å². The van der Waals surface area contributed by atoms with E-state index < -0.39 is 0 Å². The third-order valence-electron chi connectivity index (χ3n) is 2.71. The summed E-state index contributed by atoms with van der Waals surface area (Å²) in [6.07, 6.45) is 2.82. The van der Waals surface area contributed by atoms with E-state index in [9.17, 15) is 0 Å². The van der Waals surface area contributed by atoms with Gasteiger partial charge in [0, 0.05) is 24.3 Å². The van der Waals surface area contributed by atoms with Gasteiger partial charge >= 0.3 is 0 Å². The smallest absolute Gasteiger partial charge is 0.113 e. The van der Waals surface area contributed by atoms with Crippen molar-refractivity contribution >= 4 is 11.8 Å². The average Bonchev–Trinajstić information content (AvgIpc) is 2.90. The maximum Gasteiger partial charge on any atom is 0.113 e. The van der Waals surface area contributed by atoms with E-state index in [0.29, 0.717) is 5.92 Å². The van der Waals surface area contributed by atoms with Crippen molar-refractivity contribution in [2.24, 2.45) is 11.7 Å². The highest BCUT2D eigenvalue weighted by Crippen LogP contribution is 2.20. The third-order valence-corrected chi connectivity index (χ3v) is 3.81. The first-order valence-electron chi connectivity index (χ1n) is 5.29. The number of ether oxygens (including phenoxy) is 1. The van der Waals surface area contributed by atoms with Crippen molar-refractivity contribution in [2.45, 2.75) is 18.2 Å². The molecule has 1 saturated heterocycles. The molecule has 1 aromatic rings. The van der Waals surface area contributed by atoms with Crippen molar-refractivity contribution in [1.29, 1.82) is 0 Å². The van der Waals surface area contributed by atoms with Crippen LogP contribution in [0.2, 0.25) is 0 Å². The topological polar surface area (TPSA) is 48.4 Å². The standard InChI is InChI=1S/C11H17NO2S/c12-11(9-3-5-13-6-9)8-15-7-10-2-1-4-14-10/h1-2,4,9,11H,3,5-8,12H2. The van der Waals surface area contributed by atoms with Crippen LogP contribution in [0.25, 0.3) is 0 Å². The molecule has 2 N–H and O–H groups in total. The number of hydrogen-bond acceptors (Lipinski definition) is 4. The fourth-order valence-corrected chi connectivity index (χ4v) is 2.74. The van der Waals surface area contributed by atoms with Crippen molar-refractivity contribution in [3.05, 3.63) is 24.2 Å². The van der Waals surface area contributed by atoms with Gasteiger partial charge in [-0.05, 0) is 18.6 Å². The summed E-state index contributed by atoms with van der Waals surface area (Å²) in [4.78, 5) is 0. The quantitative estimate of drug-likeness (QED) is 0.834. The van der Waals surface area contributed by atoms with Gasteiger partial charge in [-0.1, -0.05) is 0 Å². The molecule has 0 saturated carbocycles. The molecule has 0 spiro atoms. The van der Waals surface area contributed by atoms with Crippen molar-refractivity contribution in [3.63, 3.8) is 0 Å². The molecule has 84 valence electrons. The number of rotatable bonds is 5. The van der Waals surface area contributed by atoms with Crippen LogP contribution in [0.3, 0.4) is 0 Å². The van der Waals surface area contributed by atoms with E-state index in [1.54, 1.807) is 6.26 Å². The molecule has 4 heteroatoms. The highest BCUT2D eigenvalue weighted by atomic mass is 32.2. The minimum Gasteiger partial charge on any atom is -0.468 e. The van der Waals surface area contributed by atoms with Crippen LogP contribution >= 0.6 is 11.8 Å². The lowest BCUT2D eigenvalue weighted by Gasteiger charge is -2.16. The first-order chi connectivity index (χ1) is 7.36. The predicted octanol–water partition coefficient (Wildman–Crippen LogP) is 1.88. The molecule has 15 heavy (non-hydrogen) atoms. The zero-order valence-electron chi connectivity index (χ0n) is 8.72. The van der Waals surface area contributed by atoms with Gasteiger partial charge in [0.2, 0.25) is 0 Å². The van der Waals surface area contributed by atoms with Gasteiger partial charge in [0.25, 0.3) is 0 Å². The van der Waals surface area contributed by atoms with Gasteiger partial charge in [0.1, 0.15) is 5.76 Å². The second-order valence-electron chi connectivity index (χ2n) is 3.88. The molecule has 0 bridgehead atoms. The lowest BCUT2D eigenvalue weighted by molar-refractivity contribution is 0.182. The van der Waals surface area contributed by atoms with E-state index >= 15 is 0 Å². The Kier molecular flexibility index (Phi) is 4.11. The Morgan fingerprint density at radius 1 is 1.60 bits per heavy atom. The molecule has 1 fully saturated rings. The monoisotopic (exact) mass is 227 g/mol. The SMILES string of the molecule is NC(CSCc1ccco1)C1CCOC1. The second kappa shape index (κ2) is 5.58. The molecule has 1 aliphatic heterocycles. The van der Waals surface area contributed by atoms with E-state index in [4.69, 9.17) is 14.9 Å². The molecule has 0 aliphatic carbocycles. The molecule has 0 radical (unpaired) electrons. The summed E-state index contributed by atoms with van der Waals surface area (Å²) in [5.74, 6) is 3.46. The molecule has 3 nitrogen and oxygen atoms in total. The molecule has 2 rings (SSSR count). The number of hydrogen-bond donors (Lipinski definition) is 1. The number of furan rings is 1. The first kappa shape index (κ1) is 11.0. The zero-order valence-corrected chi connectivity index (χ0v) is 9.54. The highest BCUT2D eigenvalue weighted by Gasteiger charge is 2.22. The van der Waals surface area contributed by atoms with E-state index in [1.165, 1.54) is 0 Å². The predicted molar refractivity (Wildman–Crippen MR) is 61.8 cm³/mol. The van der Waals surface area contributed by atoms with E-state index in [0.717, 1.165) is 36.9 Å². The minimum atomic E-state index is 0.257. The Balaban J connectivity index is 1.64. The normalized spacial score (nSPS) is 23.1. The molecule has 2 heterocycles. The van der Waals surface area contributed by atoms with Crippen LogP contribution in [0.1, 0.15) is 12.2 Å². The second-order valence-corrected chi connectivity index (χ2v) is 4.91. The fourth-order valence-electron chi connectivity index (χ4n) is 1.72. The summed E-state index contributed by atoms with van der Waals surface area (Å²) in [6.45, 7) is 1.71. The average molecular weight is 227 g/mol. The van der Waals surface area contributed by atoms with Crippen LogP contribution in [-0.4, -0.2) is 25.0 Å². The minimum absolute atomic E-state index is 0.257. The zero-order chi connectivity index (χ0) is 10.5. The largest absolute Gasteiger partial charge is 0.468 e. The van der Waals surface area contributed by atoms with Crippen molar-refractivity contribution in [3.8, 4) is 0 Å². The summed E-state index contributed by atoms with van der Waals surface area (Å²) in [7, 11) is 0. The van der Waals surface area contributed by atoms with Gasteiger partial charge in [-0.15, -0.1) is 0 Å². The van der Waals surface area contributed by atoms with E-state index in [-0.39, 0.29) is 6.04 Å². The Morgan fingerprint density at radius 2 is 2.53 bits per heavy atom. The summed E-state index contributed by atoms with van der Waals surface area (Å²) in [6, 6.07) is 4.17. The Labute approximate surface area is 94.4 Å². The fraction of sp³-hybridized carbons (Fsp3) is 0.636. The van der Waals surface area contributed by atoms with Crippen LogP contribution < -0.4 is 5.73 Å². The van der Waals surface area contributed by atoms with Gasteiger partial charge in [0.05, 0.1) is 18.6 Å². The maximum atomic E-state index is 6.09. The van der Waals surface area contributed by atoms with Crippen molar-refractivity contribution in [1.82, 2.24) is 0 Å². The maximum absolute atomic E-state index is 6.09. The van der Waals surface area contributed by atoms with Crippen molar-refractivity contribution in [2.75, 3.05) is 19.0 Å². The molecule has 0 amide bonds. The molecule has 2 unspecified atom stereocenters. The summed E-state index contributed by atoms with van der Waals surface area (Å²) in [5, 5.41) is 0. The Hall–Kier alpha value is -0.450. The van der Waals surface area contributed by atoms with Gasteiger partial charge in [-0.3, -0.25) is 0 Å². The molecular formula is C11H17NO2S. The summed E-state index contributed by atoms with van der Waals surface area (Å²) >= 11 is 1.83. The molecule has 0 aromatic carbocycles. The molecule has 2 atom stereocenters. The van der Waals surface area contributed by atoms with E-state index in [2.05, 4.69) is 0 Å². The first-order valence-corrected chi connectivity index (χ1v) is 6.45. The molecule has 1 aromatic heterocycles. The lowest BCUT2D eigenvalue weighted by atomic mass is 10.0. The third kappa shape index (κ3) is 3.26. The van der Waals surface area contributed by atoms with Crippen LogP contribution in [-0.2, 0) is 10.5 Å². The van der Waals surface area contributed by atoms with Gasteiger partial charge in [0.15, 0.2) is 0 Å². The Morgan fingerprint density at radius 3 is 3.20 bits per heavy atom. The Bertz CT molecular complexity index is 270. The number of nitrogens with two attached hydrogens (primary N) is 1. The van der Waals surface area contributed by atoms with E-state index in [1.807, 2.05) is 23.9 Å². The van der Waals surface area contributed by atoms with Crippen LogP contribution in [0.4, 0.5) is 0 Å². The highest BCUT2D eigenvalue weighted by molar-refractivity contribution is 7.98. The summed E-state index contributed by atoms with van der Waals surface area (Å²) < 4.78 is 10.6. The number of thioether (sulfide) groups is 1. The summed E-state index contributed by atoms with van der Waals surface area (Å²) in [5.41, 5.74) is 6.09. The van der Waals surface area contributed by atoms with Gasteiger partial charge < -0.3 is 14.9 Å². The van der Waals surface area contributed by atoms with Crippen molar-refractivity contribution < 1.29 is 9.15 Å². The van der Waals surface area contributed by atoms with Crippen LogP contribution in [0, 0.1) is 5.92 Å². The van der Waals surface area contributed by atoms with Gasteiger partial charge in [-0.25, -0.2) is 0 Å². The molecule has 1 aliphatic rings. The van der Waals surface area contributed by atoms with Crippen LogP contribution in [0.15, 0.2) is 22.8 Å². The lowest BCUT2D eigenvalue weighted by Crippen LogP contribution is -2.32. The molecular weight excluding hydrogens is 210 g/mol. The van der Waals surface area contributed by atoms with Crippen LogP contribution in [0.5, 0.6) is 0 Å².